The van der Waals surface area contributed by atoms with Crippen LogP contribution in [-0.2, 0) is 0 Å². The van der Waals surface area contributed by atoms with Gasteiger partial charge in [0.15, 0.2) is 0 Å². The number of aromatic nitrogens is 2. The van der Waals surface area contributed by atoms with Crippen LogP contribution in [-0.4, -0.2) is 38.7 Å². The standard InChI is InChI=1S/C13H7N3O4S.C13H11N3S.3ClH.Sn/c17-15(18)9-3-1-8(2-4-9)13-14-11-6-5-10(16(19)20)7-12(11)21-13;14-9-3-1-8(2-4-9)13-16-11-6-5-10(15)7-12(11)17-13;;;;/h1-7H;1-7H,14-15H2;3*1H;/q;;;;;+2/p-2. The van der Waals surface area contributed by atoms with Crippen LogP contribution in [0.15, 0.2) is 84.9 Å². The monoisotopic (exact) mass is 768 g/mol. The van der Waals surface area contributed by atoms with Gasteiger partial charge in [0.2, 0.25) is 0 Å². The number of nitrogens with two attached hydrogens (primary N) is 2. The second-order valence-electron chi connectivity index (χ2n) is 8.17. The summed E-state index contributed by atoms with van der Waals surface area (Å²) in [6, 6.07) is 24.0. The fourth-order valence-corrected chi connectivity index (χ4v) is 5.59. The minimum atomic E-state index is -0.826. The van der Waals surface area contributed by atoms with Crippen molar-refractivity contribution in [2.45, 2.75) is 0 Å². The van der Waals surface area contributed by atoms with E-state index in [1.54, 1.807) is 29.5 Å². The molecule has 0 aliphatic rings. The summed E-state index contributed by atoms with van der Waals surface area (Å²) < 4.78 is 1.81. The van der Waals surface area contributed by atoms with Crippen molar-refractivity contribution >= 4 is 115 Å². The number of nitro groups is 2. The Kier molecular flexibility index (Phi) is 12.1. The van der Waals surface area contributed by atoms with Crippen molar-refractivity contribution in [1.82, 2.24) is 9.97 Å². The molecule has 42 heavy (non-hydrogen) atoms. The van der Waals surface area contributed by atoms with E-state index in [9.17, 15) is 20.2 Å². The number of rotatable bonds is 4. The first kappa shape index (κ1) is 33.2. The van der Waals surface area contributed by atoms with Crippen molar-refractivity contribution in [3.05, 3.63) is 105 Å². The topological polar surface area (TPSA) is 164 Å². The van der Waals surface area contributed by atoms with Crippen LogP contribution in [0.4, 0.5) is 22.7 Å². The number of nitro benzene ring substituents is 2. The van der Waals surface area contributed by atoms with Crippen LogP contribution in [0.1, 0.15) is 0 Å². The van der Waals surface area contributed by atoms with Crippen LogP contribution < -0.4 is 11.5 Å². The van der Waals surface area contributed by atoms with Crippen LogP contribution in [0.25, 0.3) is 41.6 Å². The molecule has 214 valence electrons. The van der Waals surface area contributed by atoms with Crippen molar-refractivity contribution in [3.63, 3.8) is 0 Å². The number of benzene rings is 4. The van der Waals surface area contributed by atoms with Crippen LogP contribution >= 0.6 is 52.9 Å². The first-order valence-electron chi connectivity index (χ1n) is 11.5. The Morgan fingerprint density at radius 3 is 1.55 bits per heavy atom. The van der Waals surface area contributed by atoms with Gasteiger partial charge in [0.05, 0.1) is 30.3 Å². The molecule has 0 amide bonds. The fraction of sp³-hybridized carbons (Fsp3) is 0. The maximum atomic E-state index is 10.7. The normalized spacial score (nSPS) is 10.1. The molecule has 0 saturated heterocycles. The van der Waals surface area contributed by atoms with E-state index in [1.807, 2.05) is 42.5 Å². The van der Waals surface area contributed by atoms with E-state index in [2.05, 4.69) is 9.97 Å². The number of nitrogen functional groups attached to an aromatic ring is 2. The van der Waals surface area contributed by atoms with Gasteiger partial charge >= 0.3 is 36.7 Å². The number of fused-ring (bicyclic) bond motifs is 2. The van der Waals surface area contributed by atoms with Gasteiger partial charge in [-0.2, -0.15) is 0 Å². The molecule has 0 aliphatic heterocycles. The molecule has 4 N–H and O–H groups in total. The first-order chi connectivity index (χ1) is 19.7. The van der Waals surface area contributed by atoms with Gasteiger partial charge in [-0.15, -0.1) is 35.1 Å². The molecule has 16 heteroatoms. The third-order valence-corrected chi connectivity index (χ3v) is 7.61. The Hall–Kier alpha value is -3.27. The maximum absolute atomic E-state index is 10.7. The summed E-state index contributed by atoms with van der Waals surface area (Å²) in [4.78, 5) is 29.4. The zero-order valence-corrected chi connectivity index (χ0v) is 28.0. The molecular formula is C26H19Cl3N6O4S2Sn. The second-order valence-corrected chi connectivity index (χ2v) is 14.5. The van der Waals surface area contributed by atoms with E-state index in [-0.39, 0.29) is 23.8 Å². The Morgan fingerprint density at radius 2 is 1.05 bits per heavy atom. The summed E-state index contributed by atoms with van der Waals surface area (Å²) in [5.74, 6) is 0. The predicted molar refractivity (Wildman–Crippen MR) is 177 cm³/mol. The molecule has 0 spiro atoms. The summed E-state index contributed by atoms with van der Waals surface area (Å²) in [7, 11) is 9.87. The number of hydrogen-bond donors (Lipinski definition) is 2. The molecule has 10 nitrogen and oxygen atoms in total. The molecule has 2 radical (unpaired) electrons. The fourth-order valence-electron chi connectivity index (χ4n) is 3.57. The average molecular weight is 769 g/mol. The van der Waals surface area contributed by atoms with E-state index in [0.29, 0.717) is 15.2 Å². The van der Waals surface area contributed by atoms with Gasteiger partial charge in [0.25, 0.3) is 11.4 Å². The Balaban J connectivity index is 0.000000210. The van der Waals surface area contributed by atoms with E-state index in [0.717, 1.165) is 37.7 Å². The molecular weight excluding hydrogens is 750 g/mol. The Bertz CT molecular complexity index is 1840. The summed E-state index contributed by atoms with van der Waals surface area (Å²) in [5.41, 5.74) is 16.4. The molecule has 0 saturated carbocycles. The molecule has 6 rings (SSSR count). The number of anilines is 2. The quantitative estimate of drug-likeness (QED) is 0.0783. The number of hydrogen-bond acceptors (Lipinski definition) is 10. The predicted octanol–water partition coefficient (Wildman–Crippen LogP) is 8.33. The number of halogens is 3. The van der Waals surface area contributed by atoms with Crippen LogP contribution in [0, 0.1) is 20.2 Å². The van der Waals surface area contributed by atoms with E-state index in [4.69, 9.17) is 29.3 Å². The molecule has 6 aromatic rings. The summed E-state index contributed by atoms with van der Waals surface area (Å²) in [6.07, 6.45) is 0. The van der Waals surface area contributed by atoms with Crippen molar-refractivity contribution < 1.29 is 9.85 Å². The molecule has 2 heterocycles. The Labute approximate surface area is 270 Å². The third-order valence-electron chi connectivity index (χ3n) is 5.48. The summed E-state index contributed by atoms with van der Waals surface area (Å²) in [5, 5.41) is 23.0. The zero-order valence-electron chi connectivity index (χ0n) is 21.1. The number of non-ortho nitro benzene ring substituents is 2. The minimum absolute atomic E-state index is 0. The van der Waals surface area contributed by atoms with Gasteiger partial charge in [-0.1, -0.05) is 0 Å². The van der Waals surface area contributed by atoms with Crippen LogP contribution in [0.3, 0.4) is 0 Å². The summed E-state index contributed by atoms with van der Waals surface area (Å²) >= 11 is 2.12. The van der Waals surface area contributed by atoms with E-state index >= 15 is 0 Å². The number of nitrogens with zero attached hydrogens (tertiary/aromatic N) is 4. The summed E-state index contributed by atoms with van der Waals surface area (Å²) in [6.45, 7) is 0. The molecule has 2 aromatic heterocycles. The van der Waals surface area contributed by atoms with Gasteiger partial charge < -0.3 is 11.5 Å². The molecule has 0 fully saturated rings. The molecule has 0 atom stereocenters. The van der Waals surface area contributed by atoms with E-state index in [1.165, 1.54) is 35.6 Å². The first-order valence-corrected chi connectivity index (χ1v) is 20.3. The molecule has 4 aromatic carbocycles. The Morgan fingerprint density at radius 1 is 0.643 bits per heavy atom. The van der Waals surface area contributed by atoms with Crippen molar-refractivity contribution in [1.29, 1.82) is 0 Å². The SMILES string of the molecule is Cl.Nc1ccc(-c2nc3ccc(N)cc3s2)cc1.O=[N+]([O-])c1ccc(-c2nc3ccc([N+](=O)[O-])cc3s2)cc1.[Cl][Sn][Cl]. The van der Waals surface area contributed by atoms with E-state index < -0.39 is 28.7 Å². The van der Waals surface area contributed by atoms with Gasteiger partial charge in [0, 0.05) is 46.8 Å². The molecule has 0 aliphatic carbocycles. The average Bonchev–Trinajstić information content (AvgIpc) is 3.58. The molecule has 0 bridgehead atoms. The van der Waals surface area contributed by atoms with Crippen molar-refractivity contribution in [2.75, 3.05) is 11.5 Å². The molecule has 0 unspecified atom stereocenters. The van der Waals surface area contributed by atoms with Crippen molar-refractivity contribution in [2.24, 2.45) is 0 Å². The van der Waals surface area contributed by atoms with Crippen LogP contribution in [0.5, 0.6) is 0 Å². The van der Waals surface area contributed by atoms with Crippen LogP contribution in [0.2, 0.25) is 0 Å². The third kappa shape index (κ3) is 8.40. The zero-order chi connectivity index (χ0) is 29.5. The van der Waals surface area contributed by atoms with Gasteiger partial charge in [-0.3, -0.25) is 20.2 Å². The number of thiazole rings is 2. The van der Waals surface area contributed by atoms with Crippen molar-refractivity contribution in [3.8, 4) is 21.1 Å². The van der Waals surface area contributed by atoms with Gasteiger partial charge in [-0.05, 0) is 60.7 Å². The van der Waals surface area contributed by atoms with Gasteiger partial charge in [0.1, 0.15) is 10.0 Å². The second kappa shape index (κ2) is 15.3. The van der Waals surface area contributed by atoms with Gasteiger partial charge in [-0.25, -0.2) is 9.97 Å².